The van der Waals surface area contributed by atoms with Crippen LogP contribution in [-0.2, 0) is 0 Å². The van der Waals surface area contributed by atoms with E-state index in [1.165, 1.54) is 0 Å². The number of halogens is 1. The van der Waals surface area contributed by atoms with Crippen LogP contribution in [0.4, 0.5) is 0 Å². The second-order valence-corrected chi connectivity index (χ2v) is 3.13. The summed E-state index contributed by atoms with van der Waals surface area (Å²) in [5, 5.41) is 0. The van der Waals surface area contributed by atoms with Crippen molar-refractivity contribution in [3.05, 3.63) is 24.3 Å². The molecule has 0 aromatic rings. The highest BCUT2D eigenvalue weighted by atomic mass is 79.9. The van der Waals surface area contributed by atoms with Crippen LogP contribution in [0.1, 0.15) is 0 Å². The fraction of sp³-hybridized carbons (Fsp3) is 0.333. The Hall–Kier alpha value is -0.120. The van der Waals surface area contributed by atoms with Crippen LogP contribution in [0.15, 0.2) is 24.3 Å². The zero-order valence-electron chi connectivity index (χ0n) is 4.92. The Labute approximate surface area is 62.7 Å². The maximum Gasteiger partial charge on any atom is 0.0996 e. The van der Waals surface area contributed by atoms with Crippen LogP contribution in [0.2, 0.25) is 0 Å². The van der Waals surface area contributed by atoms with Gasteiger partial charge in [0.05, 0.1) is 10.5 Å². The first kappa shape index (κ1) is 6.99. The van der Waals surface area contributed by atoms with E-state index < -0.39 is 5.66 Å². The molecule has 0 spiro atoms. The molecule has 0 saturated heterocycles. The molecule has 3 heteroatoms. The molecule has 1 aliphatic rings. The van der Waals surface area contributed by atoms with Crippen molar-refractivity contribution in [2.45, 2.75) is 10.5 Å². The summed E-state index contributed by atoms with van der Waals surface area (Å²) < 4.78 is 0. The summed E-state index contributed by atoms with van der Waals surface area (Å²) in [7, 11) is 0. The third kappa shape index (κ3) is 1.41. The standard InChI is InChI=1S/C6H9BrN2/c7-5-3-1-2-4-6(5,8)9/h1-5H,8-9H2. The van der Waals surface area contributed by atoms with Gasteiger partial charge in [0.2, 0.25) is 0 Å². The fourth-order valence-corrected chi connectivity index (χ4v) is 0.971. The van der Waals surface area contributed by atoms with Gasteiger partial charge in [0.1, 0.15) is 0 Å². The first-order chi connectivity index (χ1) is 4.13. The Morgan fingerprint density at radius 1 is 1.33 bits per heavy atom. The molecule has 1 rings (SSSR count). The highest BCUT2D eigenvalue weighted by molar-refractivity contribution is 9.09. The quantitative estimate of drug-likeness (QED) is 0.430. The van der Waals surface area contributed by atoms with E-state index in [1.807, 2.05) is 18.2 Å². The average Bonchev–Trinajstić information content (AvgIpc) is 1.77. The molecule has 0 aliphatic heterocycles. The topological polar surface area (TPSA) is 52.0 Å². The molecule has 4 N–H and O–H groups in total. The molecule has 9 heavy (non-hydrogen) atoms. The molecule has 0 amide bonds. The van der Waals surface area contributed by atoms with Crippen LogP contribution in [0.5, 0.6) is 0 Å². The average molecular weight is 189 g/mol. The largest absolute Gasteiger partial charge is 0.309 e. The van der Waals surface area contributed by atoms with Crippen molar-refractivity contribution in [3.8, 4) is 0 Å². The van der Waals surface area contributed by atoms with Crippen molar-refractivity contribution in [1.82, 2.24) is 0 Å². The third-order valence-electron chi connectivity index (χ3n) is 1.25. The maximum absolute atomic E-state index is 5.61. The highest BCUT2D eigenvalue weighted by Gasteiger charge is 2.24. The molecule has 0 aromatic heterocycles. The molecule has 1 atom stereocenters. The summed E-state index contributed by atoms with van der Waals surface area (Å²) in [6.07, 6.45) is 7.45. The molecule has 2 nitrogen and oxygen atoms in total. The first-order valence-corrected chi connectivity index (χ1v) is 3.62. The van der Waals surface area contributed by atoms with E-state index in [0.29, 0.717) is 0 Å². The summed E-state index contributed by atoms with van der Waals surface area (Å²) in [6, 6.07) is 0. The lowest BCUT2D eigenvalue weighted by Crippen LogP contribution is -2.54. The molecule has 1 unspecified atom stereocenters. The maximum atomic E-state index is 5.61. The van der Waals surface area contributed by atoms with E-state index in [4.69, 9.17) is 11.5 Å². The Balaban J connectivity index is 2.78. The molecule has 0 radical (unpaired) electrons. The summed E-state index contributed by atoms with van der Waals surface area (Å²) in [6.45, 7) is 0. The normalized spacial score (nSPS) is 30.8. The van der Waals surface area contributed by atoms with Crippen molar-refractivity contribution in [2.75, 3.05) is 0 Å². The summed E-state index contributed by atoms with van der Waals surface area (Å²) in [5.74, 6) is 0. The Kier molecular flexibility index (Phi) is 1.75. The SMILES string of the molecule is NC1(N)C=CC=CC1Br. The number of rotatable bonds is 0. The van der Waals surface area contributed by atoms with E-state index in [1.54, 1.807) is 6.08 Å². The zero-order chi connectivity index (χ0) is 6.91. The minimum Gasteiger partial charge on any atom is -0.309 e. The monoisotopic (exact) mass is 188 g/mol. The molecular formula is C6H9BrN2. The Bertz CT molecular complexity index is 160. The van der Waals surface area contributed by atoms with Crippen LogP contribution in [-0.4, -0.2) is 10.5 Å². The number of nitrogens with two attached hydrogens (primary N) is 2. The first-order valence-electron chi connectivity index (χ1n) is 2.71. The van der Waals surface area contributed by atoms with Crippen molar-refractivity contribution in [2.24, 2.45) is 11.5 Å². The number of hydrogen-bond acceptors (Lipinski definition) is 2. The van der Waals surface area contributed by atoms with E-state index in [2.05, 4.69) is 15.9 Å². The predicted molar refractivity (Wildman–Crippen MR) is 42.1 cm³/mol. The van der Waals surface area contributed by atoms with Gasteiger partial charge in [-0.3, -0.25) is 0 Å². The van der Waals surface area contributed by atoms with Crippen LogP contribution in [0.3, 0.4) is 0 Å². The van der Waals surface area contributed by atoms with Crippen molar-refractivity contribution < 1.29 is 0 Å². The van der Waals surface area contributed by atoms with E-state index in [9.17, 15) is 0 Å². The minimum atomic E-state index is -0.714. The summed E-state index contributed by atoms with van der Waals surface area (Å²) in [5.41, 5.74) is 10.5. The lowest BCUT2D eigenvalue weighted by molar-refractivity contribution is 0.575. The molecular weight excluding hydrogens is 180 g/mol. The van der Waals surface area contributed by atoms with Crippen molar-refractivity contribution >= 4 is 15.9 Å². The second-order valence-electron chi connectivity index (χ2n) is 2.15. The number of alkyl halides is 1. The molecule has 50 valence electrons. The lowest BCUT2D eigenvalue weighted by atomic mass is 10.0. The van der Waals surface area contributed by atoms with Crippen molar-refractivity contribution in [3.63, 3.8) is 0 Å². The fourth-order valence-electron chi connectivity index (χ4n) is 0.643. The third-order valence-corrected chi connectivity index (χ3v) is 2.35. The van der Waals surface area contributed by atoms with Crippen LogP contribution in [0.25, 0.3) is 0 Å². The summed E-state index contributed by atoms with van der Waals surface area (Å²) >= 11 is 3.32. The Morgan fingerprint density at radius 2 is 2.00 bits per heavy atom. The Morgan fingerprint density at radius 3 is 2.33 bits per heavy atom. The number of hydrogen-bond donors (Lipinski definition) is 2. The van der Waals surface area contributed by atoms with E-state index >= 15 is 0 Å². The molecule has 0 aromatic carbocycles. The van der Waals surface area contributed by atoms with Gasteiger partial charge in [-0.25, -0.2) is 0 Å². The molecule has 1 aliphatic carbocycles. The highest BCUT2D eigenvalue weighted by Crippen LogP contribution is 2.16. The van der Waals surface area contributed by atoms with Gasteiger partial charge < -0.3 is 11.5 Å². The molecule has 0 bridgehead atoms. The molecule has 0 heterocycles. The van der Waals surface area contributed by atoms with Gasteiger partial charge >= 0.3 is 0 Å². The van der Waals surface area contributed by atoms with Crippen LogP contribution < -0.4 is 11.5 Å². The lowest BCUT2D eigenvalue weighted by Gasteiger charge is -2.25. The van der Waals surface area contributed by atoms with E-state index in [0.717, 1.165) is 0 Å². The van der Waals surface area contributed by atoms with Gasteiger partial charge in [-0.05, 0) is 6.08 Å². The summed E-state index contributed by atoms with van der Waals surface area (Å²) in [4.78, 5) is 0.0509. The van der Waals surface area contributed by atoms with Crippen molar-refractivity contribution in [1.29, 1.82) is 0 Å². The van der Waals surface area contributed by atoms with Crippen LogP contribution >= 0.6 is 15.9 Å². The molecule has 0 fully saturated rings. The molecule has 0 saturated carbocycles. The second kappa shape index (κ2) is 2.25. The number of allylic oxidation sites excluding steroid dienone is 2. The van der Waals surface area contributed by atoms with Crippen LogP contribution in [0, 0.1) is 0 Å². The zero-order valence-corrected chi connectivity index (χ0v) is 6.51. The smallest absolute Gasteiger partial charge is 0.0996 e. The predicted octanol–water partition coefficient (Wildman–Crippen LogP) is 0.490. The van der Waals surface area contributed by atoms with Gasteiger partial charge in [0.15, 0.2) is 0 Å². The van der Waals surface area contributed by atoms with Gasteiger partial charge in [0, 0.05) is 0 Å². The minimum absolute atomic E-state index is 0.0509. The van der Waals surface area contributed by atoms with E-state index in [-0.39, 0.29) is 4.83 Å². The van der Waals surface area contributed by atoms with Gasteiger partial charge in [-0.15, -0.1) is 0 Å². The van der Waals surface area contributed by atoms with Gasteiger partial charge in [0.25, 0.3) is 0 Å². The van der Waals surface area contributed by atoms with Gasteiger partial charge in [-0.1, -0.05) is 34.2 Å². The van der Waals surface area contributed by atoms with Gasteiger partial charge in [-0.2, -0.15) is 0 Å².